The molecule has 0 saturated carbocycles. The Hall–Kier alpha value is -1.71. The minimum atomic E-state index is 0.0353. The zero-order chi connectivity index (χ0) is 13.5. The van der Waals surface area contributed by atoms with E-state index < -0.39 is 0 Å². The van der Waals surface area contributed by atoms with E-state index in [0.29, 0.717) is 13.2 Å². The quantitative estimate of drug-likeness (QED) is 0.847. The molecule has 2 rings (SSSR count). The minimum Gasteiger partial charge on any atom is -0.491 e. The van der Waals surface area contributed by atoms with E-state index in [2.05, 4.69) is 5.32 Å². The summed E-state index contributed by atoms with van der Waals surface area (Å²) in [6.45, 7) is 4.82. The molecule has 1 fully saturated rings. The monoisotopic (exact) mass is 262 g/mol. The number of carbonyl (C=O) groups is 1. The van der Waals surface area contributed by atoms with Crippen LogP contribution < -0.4 is 10.1 Å². The van der Waals surface area contributed by atoms with E-state index in [1.54, 1.807) is 0 Å². The number of aryl methyl sites for hydroxylation is 1. The van der Waals surface area contributed by atoms with Crippen molar-refractivity contribution in [1.29, 1.82) is 0 Å². The average Bonchev–Trinajstić information content (AvgIpc) is 2.46. The van der Waals surface area contributed by atoms with Gasteiger partial charge in [0.15, 0.2) is 0 Å². The number of amides is 2. The molecule has 1 aliphatic rings. The number of piperidine rings is 1. The molecule has 4 nitrogen and oxygen atoms in total. The largest absolute Gasteiger partial charge is 0.491 e. The van der Waals surface area contributed by atoms with Gasteiger partial charge in [-0.1, -0.05) is 18.2 Å². The Morgan fingerprint density at radius 1 is 1.26 bits per heavy atom. The smallest absolute Gasteiger partial charge is 0.317 e. The average molecular weight is 262 g/mol. The van der Waals surface area contributed by atoms with Crippen molar-refractivity contribution in [1.82, 2.24) is 10.2 Å². The first-order valence-electron chi connectivity index (χ1n) is 6.98. The van der Waals surface area contributed by atoms with Gasteiger partial charge in [0.1, 0.15) is 12.4 Å². The Morgan fingerprint density at radius 2 is 2.00 bits per heavy atom. The third kappa shape index (κ3) is 4.16. The van der Waals surface area contributed by atoms with Crippen LogP contribution in [0, 0.1) is 6.92 Å². The molecule has 4 heteroatoms. The molecule has 0 bridgehead atoms. The fraction of sp³-hybridized carbons (Fsp3) is 0.533. The molecule has 1 aromatic carbocycles. The van der Waals surface area contributed by atoms with E-state index >= 15 is 0 Å². The Bertz CT molecular complexity index is 414. The van der Waals surface area contributed by atoms with Gasteiger partial charge in [-0.15, -0.1) is 0 Å². The summed E-state index contributed by atoms with van der Waals surface area (Å²) in [5, 5.41) is 2.90. The summed E-state index contributed by atoms with van der Waals surface area (Å²) in [6, 6.07) is 7.94. The lowest BCUT2D eigenvalue weighted by atomic mass is 10.1. The van der Waals surface area contributed by atoms with Crippen LogP contribution in [0.3, 0.4) is 0 Å². The number of nitrogens with one attached hydrogen (secondary N) is 1. The Kier molecular flexibility index (Phi) is 5.07. The number of carbonyl (C=O) groups excluding carboxylic acids is 1. The molecule has 0 aromatic heterocycles. The molecular formula is C15H22N2O2. The summed E-state index contributed by atoms with van der Waals surface area (Å²) in [5.41, 5.74) is 1.12. The van der Waals surface area contributed by atoms with E-state index in [9.17, 15) is 4.79 Å². The van der Waals surface area contributed by atoms with E-state index in [-0.39, 0.29) is 6.03 Å². The first-order chi connectivity index (χ1) is 9.27. The van der Waals surface area contributed by atoms with Crippen molar-refractivity contribution < 1.29 is 9.53 Å². The van der Waals surface area contributed by atoms with Crippen molar-refractivity contribution >= 4 is 6.03 Å². The summed E-state index contributed by atoms with van der Waals surface area (Å²) >= 11 is 0. The molecular weight excluding hydrogens is 240 g/mol. The number of likely N-dealkylation sites (tertiary alicyclic amines) is 1. The van der Waals surface area contributed by atoms with Gasteiger partial charge < -0.3 is 15.0 Å². The predicted octanol–water partition coefficient (Wildman–Crippen LogP) is 2.57. The number of para-hydroxylation sites is 1. The molecule has 2 amide bonds. The molecule has 0 aliphatic carbocycles. The van der Waals surface area contributed by atoms with Crippen LogP contribution in [0.5, 0.6) is 5.75 Å². The zero-order valence-corrected chi connectivity index (χ0v) is 11.5. The minimum absolute atomic E-state index is 0.0353. The van der Waals surface area contributed by atoms with Gasteiger partial charge in [-0.25, -0.2) is 4.79 Å². The molecule has 1 heterocycles. The Balaban J connectivity index is 1.66. The summed E-state index contributed by atoms with van der Waals surface area (Å²) in [7, 11) is 0. The van der Waals surface area contributed by atoms with Crippen LogP contribution >= 0.6 is 0 Å². The summed E-state index contributed by atoms with van der Waals surface area (Å²) in [6.07, 6.45) is 3.47. The summed E-state index contributed by atoms with van der Waals surface area (Å²) < 4.78 is 5.64. The van der Waals surface area contributed by atoms with Crippen LogP contribution in [0.15, 0.2) is 24.3 Å². The van der Waals surface area contributed by atoms with Gasteiger partial charge in [0.25, 0.3) is 0 Å². The molecule has 1 aliphatic heterocycles. The Labute approximate surface area is 114 Å². The van der Waals surface area contributed by atoms with E-state index in [1.807, 2.05) is 36.1 Å². The second kappa shape index (κ2) is 7.02. The van der Waals surface area contributed by atoms with Crippen LogP contribution in [-0.4, -0.2) is 37.2 Å². The van der Waals surface area contributed by atoms with Crippen LogP contribution in [-0.2, 0) is 0 Å². The number of ether oxygens (including phenoxy) is 1. The summed E-state index contributed by atoms with van der Waals surface area (Å²) in [4.78, 5) is 13.7. The van der Waals surface area contributed by atoms with Gasteiger partial charge in [0.2, 0.25) is 0 Å². The maximum atomic E-state index is 11.8. The number of benzene rings is 1. The van der Waals surface area contributed by atoms with Gasteiger partial charge in [-0.3, -0.25) is 0 Å². The fourth-order valence-corrected chi connectivity index (χ4v) is 2.25. The van der Waals surface area contributed by atoms with Crippen LogP contribution in [0.4, 0.5) is 4.79 Å². The molecule has 1 saturated heterocycles. The lowest BCUT2D eigenvalue weighted by Gasteiger charge is -2.26. The van der Waals surface area contributed by atoms with Crippen molar-refractivity contribution in [3.05, 3.63) is 29.8 Å². The van der Waals surface area contributed by atoms with Crippen molar-refractivity contribution in [2.75, 3.05) is 26.2 Å². The van der Waals surface area contributed by atoms with Crippen molar-refractivity contribution in [2.45, 2.75) is 26.2 Å². The van der Waals surface area contributed by atoms with Crippen LogP contribution in [0.1, 0.15) is 24.8 Å². The number of rotatable bonds is 4. The lowest BCUT2D eigenvalue weighted by molar-refractivity contribution is 0.184. The van der Waals surface area contributed by atoms with Gasteiger partial charge >= 0.3 is 6.03 Å². The lowest BCUT2D eigenvalue weighted by Crippen LogP contribution is -2.43. The number of nitrogens with zero attached hydrogens (tertiary/aromatic N) is 1. The fourth-order valence-electron chi connectivity index (χ4n) is 2.25. The number of hydrogen-bond acceptors (Lipinski definition) is 2. The van der Waals surface area contributed by atoms with Gasteiger partial charge in [-0.2, -0.15) is 0 Å². The first kappa shape index (κ1) is 13.7. The highest BCUT2D eigenvalue weighted by Crippen LogP contribution is 2.15. The third-order valence-electron chi connectivity index (χ3n) is 3.37. The summed E-state index contributed by atoms with van der Waals surface area (Å²) in [5.74, 6) is 0.884. The Morgan fingerprint density at radius 3 is 2.74 bits per heavy atom. The standard InChI is InChI=1S/C15H22N2O2/c1-13-7-3-4-8-14(13)19-12-9-16-15(18)17-10-5-2-6-11-17/h3-4,7-8H,2,5-6,9-12H2,1H3,(H,16,18). The maximum Gasteiger partial charge on any atom is 0.317 e. The van der Waals surface area contributed by atoms with Crippen molar-refractivity contribution in [2.24, 2.45) is 0 Å². The second-order valence-electron chi connectivity index (χ2n) is 4.89. The van der Waals surface area contributed by atoms with Crippen molar-refractivity contribution in [3.8, 4) is 5.75 Å². The molecule has 0 radical (unpaired) electrons. The SMILES string of the molecule is Cc1ccccc1OCCNC(=O)N1CCCCC1. The highest BCUT2D eigenvalue weighted by molar-refractivity contribution is 5.74. The maximum absolute atomic E-state index is 11.8. The van der Waals surface area contributed by atoms with Crippen LogP contribution in [0.25, 0.3) is 0 Å². The van der Waals surface area contributed by atoms with E-state index in [0.717, 1.165) is 37.2 Å². The predicted molar refractivity (Wildman–Crippen MR) is 75.5 cm³/mol. The molecule has 0 atom stereocenters. The highest BCUT2D eigenvalue weighted by atomic mass is 16.5. The molecule has 1 N–H and O–H groups in total. The van der Waals surface area contributed by atoms with Crippen molar-refractivity contribution in [3.63, 3.8) is 0 Å². The molecule has 1 aromatic rings. The topological polar surface area (TPSA) is 41.6 Å². The second-order valence-corrected chi connectivity index (χ2v) is 4.89. The normalized spacial score (nSPS) is 15.1. The van der Waals surface area contributed by atoms with Gasteiger partial charge in [-0.05, 0) is 37.8 Å². The highest BCUT2D eigenvalue weighted by Gasteiger charge is 2.15. The number of urea groups is 1. The zero-order valence-electron chi connectivity index (χ0n) is 11.5. The number of hydrogen-bond donors (Lipinski definition) is 1. The molecule has 19 heavy (non-hydrogen) atoms. The van der Waals surface area contributed by atoms with E-state index in [4.69, 9.17) is 4.74 Å². The third-order valence-corrected chi connectivity index (χ3v) is 3.37. The molecule has 104 valence electrons. The van der Waals surface area contributed by atoms with Gasteiger partial charge in [0, 0.05) is 13.1 Å². The first-order valence-corrected chi connectivity index (χ1v) is 6.98. The van der Waals surface area contributed by atoms with Gasteiger partial charge in [0.05, 0.1) is 6.54 Å². The molecule has 0 unspecified atom stereocenters. The molecule has 0 spiro atoms. The van der Waals surface area contributed by atoms with Crippen LogP contribution in [0.2, 0.25) is 0 Å². The van der Waals surface area contributed by atoms with E-state index in [1.165, 1.54) is 6.42 Å².